The molecule has 0 amide bonds. The summed E-state index contributed by atoms with van der Waals surface area (Å²) in [6.45, 7) is 2.26. The predicted molar refractivity (Wildman–Crippen MR) is 84.8 cm³/mol. The van der Waals surface area contributed by atoms with E-state index in [9.17, 15) is 0 Å². The number of nitrogen functional groups attached to an aromatic ring is 1. The van der Waals surface area contributed by atoms with Gasteiger partial charge in [0.25, 0.3) is 0 Å². The minimum atomic E-state index is 0.791. The Balaban J connectivity index is 1.80. The molecule has 3 heteroatoms. The summed E-state index contributed by atoms with van der Waals surface area (Å²) in [7, 11) is 0. The Morgan fingerprint density at radius 1 is 0.900 bits per heavy atom. The van der Waals surface area contributed by atoms with Crippen LogP contribution in [0.15, 0.2) is 42.6 Å². The number of nitrogens with zero attached hydrogens (tertiary/aromatic N) is 2. The molecule has 2 aromatic rings. The van der Waals surface area contributed by atoms with E-state index in [-0.39, 0.29) is 0 Å². The first-order valence-electron chi connectivity index (χ1n) is 7.40. The predicted octanol–water partition coefficient (Wildman–Crippen LogP) is 3.71. The zero-order valence-corrected chi connectivity index (χ0v) is 11.8. The Labute approximate surface area is 120 Å². The Hall–Kier alpha value is -2.03. The monoisotopic (exact) mass is 267 g/mol. The maximum absolute atomic E-state index is 5.83. The van der Waals surface area contributed by atoms with E-state index >= 15 is 0 Å². The molecular weight excluding hydrogens is 246 g/mol. The highest BCUT2D eigenvalue weighted by molar-refractivity contribution is 5.67. The molecule has 0 bridgehead atoms. The largest absolute Gasteiger partial charge is 0.399 e. The van der Waals surface area contributed by atoms with Crippen LogP contribution in [-0.4, -0.2) is 18.1 Å². The number of pyridine rings is 1. The highest BCUT2D eigenvalue weighted by atomic mass is 15.2. The van der Waals surface area contributed by atoms with Gasteiger partial charge >= 0.3 is 0 Å². The molecule has 20 heavy (non-hydrogen) atoms. The van der Waals surface area contributed by atoms with E-state index in [4.69, 9.17) is 5.73 Å². The lowest BCUT2D eigenvalue weighted by atomic mass is 10.1. The van der Waals surface area contributed by atoms with E-state index in [0.717, 1.165) is 35.7 Å². The summed E-state index contributed by atoms with van der Waals surface area (Å²) >= 11 is 0. The van der Waals surface area contributed by atoms with Crippen molar-refractivity contribution in [2.24, 2.45) is 0 Å². The third-order valence-electron chi connectivity index (χ3n) is 3.90. The number of aromatic nitrogens is 1. The Bertz CT molecular complexity index is 555. The van der Waals surface area contributed by atoms with E-state index in [2.05, 4.69) is 28.1 Å². The van der Waals surface area contributed by atoms with Gasteiger partial charge in [0.15, 0.2) is 0 Å². The van der Waals surface area contributed by atoms with Crippen molar-refractivity contribution in [2.45, 2.75) is 25.7 Å². The smallest absolute Gasteiger partial charge is 0.128 e. The molecule has 1 aliphatic heterocycles. The van der Waals surface area contributed by atoms with Crippen LogP contribution in [0.3, 0.4) is 0 Å². The zero-order chi connectivity index (χ0) is 13.8. The zero-order valence-electron chi connectivity index (χ0n) is 11.8. The molecule has 0 saturated carbocycles. The number of rotatable bonds is 2. The van der Waals surface area contributed by atoms with Crippen molar-refractivity contribution in [3.05, 3.63) is 42.6 Å². The van der Waals surface area contributed by atoms with E-state index in [1.807, 2.05) is 24.4 Å². The minimum absolute atomic E-state index is 0.791. The molecule has 1 saturated heterocycles. The molecule has 0 spiro atoms. The third kappa shape index (κ3) is 2.93. The summed E-state index contributed by atoms with van der Waals surface area (Å²) in [4.78, 5) is 7.03. The minimum Gasteiger partial charge on any atom is -0.399 e. The number of nitrogens with two attached hydrogens (primary N) is 1. The van der Waals surface area contributed by atoms with Gasteiger partial charge in [0.1, 0.15) is 5.82 Å². The van der Waals surface area contributed by atoms with E-state index < -0.39 is 0 Å². The Morgan fingerprint density at radius 3 is 2.35 bits per heavy atom. The second-order valence-corrected chi connectivity index (χ2v) is 5.43. The summed E-state index contributed by atoms with van der Waals surface area (Å²) in [5.74, 6) is 1.10. The SMILES string of the molecule is Nc1cccc(-c2ccc(N3CCCCCC3)nc2)c1. The van der Waals surface area contributed by atoms with Gasteiger partial charge in [0.2, 0.25) is 0 Å². The van der Waals surface area contributed by atoms with Crippen LogP contribution in [0.4, 0.5) is 11.5 Å². The second kappa shape index (κ2) is 5.95. The molecule has 1 aliphatic rings. The van der Waals surface area contributed by atoms with Crippen LogP contribution in [0.1, 0.15) is 25.7 Å². The topological polar surface area (TPSA) is 42.1 Å². The molecule has 2 N–H and O–H groups in total. The van der Waals surface area contributed by atoms with Gasteiger partial charge in [-0.1, -0.05) is 25.0 Å². The van der Waals surface area contributed by atoms with Crippen LogP contribution in [-0.2, 0) is 0 Å². The molecule has 3 nitrogen and oxygen atoms in total. The molecule has 1 aromatic carbocycles. The molecule has 0 unspecified atom stereocenters. The summed E-state index contributed by atoms with van der Waals surface area (Å²) < 4.78 is 0. The van der Waals surface area contributed by atoms with Crippen molar-refractivity contribution in [1.82, 2.24) is 4.98 Å². The highest BCUT2D eigenvalue weighted by Crippen LogP contribution is 2.23. The molecule has 1 aromatic heterocycles. The van der Waals surface area contributed by atoms with Gasteiger partial charge in [-0.2, -0.15) is 0 Å². The van der Waals surface area contributed by atoms with E-state index in [0.29, 0.717) is 0 Å². The fourth-order valence-corrected chi connectivity index (χ4v) is 2.76. The molecule has 1 fully saturated rings. The molecule has 3 rings (SSSR count). The number of anilines is 2. The molecule has 0 aliphatic carbocycles. The lowest BCUT2D eigenvalue weighted by molar-refractivity contribution is 0.726. The van der Waals surface area contributed by atoms with E-state index in [1.54, 1.807) is 0 Å². The van der Waals surface area contributed by atoms with Gasteiger partial charge in [0, 0.05) is 30.5 Å². The van der Waals surface area contributed by atoms with Gasteiger partial charge in [0.05, 0.1) is 0 Å². The standard InChI is InChI=1S/C17H21N3/c18-16-7-5-6-14(12-16)15-8-9-17(19-13-15)20-10-3-1-2-4-11-20/h5-9,12-13H,1-4,10-11,18H2. The van der Waals surface area contributed by atoms with Crippen LogP contribution in [0, 0.1) is 0 Å². The maximum Gasteiger partial charge on any atom is 0.128 e. The van der Waals surface area contributed by atoms with Gasteiger partial charge in [-0.25, -0.2) is 4.98 Å². The van der Waals surface area contributed by atoms with Gasteiger partial charge in [-0.05, 0) is 42.7 Å². The first kappa shape index (κ1) is 13.0. The van der Waals surface area contributed by atoms with Crippen molar-refractivity contribution in [3.8, 4) is 11.1 Å². The third-order valence-corrected chi connectivity index (χ3v) is 3.90. The summed E-state index contributed by atoms with van der Waals surface area (Å²) in [5.41, 5.74) is 8.87. The van der Waals surface area contributed by atoms with Crippen LogP contribution in [0.25, 0.3) is 11.1 Å². The van der Waals surface area contributed by atoms with Crippen LogP contribution >= 0.6 is 0 Å². The molecule has 104 valence electrons. The van der Waals surface area contributed by atoms with Gasteiger partial charge in [-0.15, -0.1) is 0 Å². The number of hydrogen-bond donors (Lipinski definition) is 1. The fourth-order valence-electron chi connectivity index (χ4n) is 2.76. The first-order valence-corrected chi connectivity index (χ1v) is 7.40. The van der Waals surface area contributed by atoms with Crippen molar-refractivity contribution >= 4 is 11.5 Å². The molecular formula is C17H21N3. The number of benzene rings is 1. The number of hydrogen-bond acceptors (Lipinski definition) is 3. The average Bonchev–Trinajstić information content (AvgIpc) is 2.76. The summed E-state index contributed by atoms with van der Waals surface area (Å²) in [5, 5.41) is 0. The quantitative estimate of drug-likeness (QED) is 0.843. The normalized spacial score (nSPS) is 15.9. The summed E-state index contributed by atoms with van der Waals surface area (Å²) in [6.07, 6.45) is 7.20. The first-order chi connectivity index (χ1) is 9.83. The van der Waals surface area contributed by atoms with Gasteiger partial charge < -0.3 is 10.6 Å². The van der Waals surface area contributed by atoms with Gasteiger partial charge in [-0.3, -0.25) is 0 Å². The van der Waals surface area contributed by atoms with Crippen molar-refractivity contribution < 1.29 is 0 Å². The van der Waals surface area contributed by atoms with Crippen molar-refractivity contribution in [3.63, 3.8) is 0 Å². The molecule has 2 heterocycles. The van der Waals surface area contributed by atoms with Crippen LogP contribution in [0.5, 0.6) is 0 Å². The Morgan fingerprint density at radius 2 is 1.70 bits per heavy atom. The lowest BCUT2D eigenvalue weighted by Crippen LogP contribution is -2.24. The fraction of sp³-hybridized carbons (Fsp3) is 0.353. The maximum atomic E-state index is 5.83. The molecule has 0 atom stereocenters. The second-order valence-electron chi connectivity index (χ2n) is 5.43. The summed E-state index contributed by atoms with van der Waals surface area (Å²) in [6, 6.07) is 12.2. The van der Waals surface area contributed by atoms with E-state index in [1.165, 1.54) is 25.7 Å². The molecule has 0 radical (unpaired) electrons. The lowest BCUT2D eigenvalue weighted by Gasteiger charge is -2.21. The highest BCUT2D eigenvalue weighted by Gasteiger charge is 2.10. The Kier molecular flexibility index (Phi) is 3.86. The van der Waals surface area contributed by atoms with Crippen LogP contribution in [0.2, 0.25) is 0 Å². The van der Waals surface area contributed by atoms with Crippen molar-refractivity contribution in [2.75, 3.05) is 23.7 Å². The van der Waals surface area contributed by atoms with Crippen molar-refractivity contribution in [1.29, 1.82) is 0 Å². The average molecular weight is 267 g/mol. The van der Waals surface area contributed by atoms with Crippen LogP contribution < -0.4 is 10.6 Å².